The van der Waals surface area contributed by atoms with Crippen molar-refractivity contribution in [3.8, 4) is 5.75 Å². The maximum Gasteiger partial charge on any atom is 0.270 e. The lowest BCUT2D eigenvalue weighted by molar-refractivity contribution is -0.123. The second-order valence-electron chi connectivity index (χ2n) is 5.48. The van der Waals surface area contributed by atoms with E-state index in [4.69, 9.17) is 4.74 Å². The topological polar surface area (TPSA) is 38.3 Å². The number of anilines is 1. The maximum absolute atomic E-state index is 13.4. The molecule has 0 saturated carbocycles. The fourth-order valence-electron chi connectivity index (χ4n) is 2.33. The molecule has 0 fully saturated rings. The molecule has 0 heterocycles. The average molecular weight is 357 g/mol. The molecule has 0 aliphatic carbocycles. The molecule has 0 aliphatic heterocycles. The van der Waals surface area contributed by atoms with Crippen molar-refractivity contribution in [1.82, 2.24) is 0 Å². The van der Waals surface area contributed by atoms with Gasteiger partial charge in [-0.15, -0.1) is 0 Å². The number of benzene rings is 3. The number of halogens is 3. The minimum atomic E-state index is -1.11. The van der Waals surface area contributed by atoms with Crippen molar-refractivity contribution >= 4 is 11.6 Å². The van der Waals surface area contributed by atoms with Crippen LogP contribution in [0.2, 0.25) is 0 Å². The van der Waals surface area contributed by atoms with Crippen LogP contribution in [0.5, 0.6) is 5.75 Å². The molecule has 3 nitrogen and oxygen atoms in total. The first-order valence-corrected chi connectivity index (χ1v) is 7.76. The van der Waals surface area contributed by atoms with Gasteiger partial charge in [0.1, 0.15) is 11.6 Å². The monoisotopic (exact) mass is 357 g/mol. The largest absolute Gasteiger partial charge is 0.476 e. The van der Waals surface area contributed by atoms with Crippen LogP contribution in [0.1, 0.15) is 11.7 Å². The molecule has 1 atom stereocenters. The van der Waals surface area contributed by atoms with E-state index in [-0.39, 0.29) is 5.75 Å². The van der Waals surface area contributed by atoms with E-state index in [2.05, 4.69) is 5.32 Å². The van der Waals surface area contributed by atoms with E-state index in [9.17, 15) is 18.0 Å². The Morgan fingerprint density at radius 3 is 2.19 bits per heavy atom. The Labute approximate surface area is 148 Å². The zero-order valence-electron chi connectivity index (χ0n) is 13.5. The molecule has 1 N–H and O–H groups in total. The minimum absolute atomic E-state index is 0.00649. The van der Waals surface area contributed by atoms with E-state index in [1.807, 2.05) is 0 Å². The molecule has 1 amide bonds. The van der Waals surface area contributed by atoms with Gasteiger partial charge in [0.15, 0.2) is 11.6 Å². The molecular weight excluding hydrogens is 343 g/mol. The Hall–Kier alpha value is -3.28. The van der Waals surface area contributed by atoms with Gasteiger partial charge in [0, 0.05) is 17.3 Å². The number of carbonyl (C=O) groups is 1. The van der Waals surface area contributed by atoms with Gasteiger partial charge in [-0.3, -0.25) is 4.79 Å². The van der Waals surface area contributed by atoms with Gasteiger partial charge in [-0.05, 0) is 36.4 Å². The molecule has 0 unspecified atom stereocenters. The van der Waals surface area contributed by atoms with Crippen molar-refractivity contribution in [2.45, 2.75) is 6.10 Å². The van der Waals surface area contributed by atoms with E-state index in [1.54, 1.807) is 30.3 Å². The summed E-state index contributed by atoms with van der Waals surface area (Å²) in [5, 5.41) is 2.62. The quantitative estimate of drug-likeness (QED) is 0.708. The number of rotatable bonds is 5. The third-order valence-electron chi connectivity index (χ3n) is 3.60. The Morgan fingerprint density at radius 1 is 0.846 bits per heavy atom. The summed E-state index contributed by atoms with van der Waals surface area (Å²) in [6.45, 7) is 0. The van der Waals surface area contributed by atoms with Crippen molar-refractivity contribution in [2.24, 2.45) is 0 Å². The number of carbonyl (C=O) groups excluding carboxylic acids is 1. The highest BCUT2D eigenvalue weighted by molar-refractivity contribution is 5.95. The SMILES string of the molecule is O=C(Nc1ccc(F)cc1)[C@@H](Oc1ccc(F)c(F)c1)c1ccccc1. The normalized spacial score (nSPS) is 11.7. The molecule has 0 bridgehead atoms. The first-order valence-electron chi connectivity index (χ1n) is 7.76. The van der Waals surface area contributed by atoms with Gasteiger partial charge >= 0.3 is 0 Å². The highest BCUT2D eigenvalue weighted by Crippen LogP contribution is 2.25. The van der Waals surface area contributed by atoms with Gasteiger partial charge in [-0.25, -0.2) is 13.2 Å². The van der Waals surface area contributed by atoms with Crippen LogP contribution in [-0.2, 0) is 4.79 Å². The fourth-order valence-corrected chi connectivity index (χ4v) is 2.33. The van der Waals surface area contributed by atoms with Crippen molar-refractivity contribution < 1.29 is 22.7 Å². The van der Waals surface area contributed by atoms with Crippen LogP contribution < -0.4 is 10.1 Å². The average Bonchev–Trinajstić information content (AvgIpc) is 2.65. The van der Waals surface area contributed by atoms with E-state index in [1.165, 1.54) is 30.3 Å². The summed E-state index contributed by atoms with van der Waals surface area (Å²) in [5.74, 6) is -3.04. The molecule has 26 heavy (non-hydrogen) atoms. The number of hydrogen-bond acceptors (Lipinski definition) is 2. The number of nitrogens with one attached hydrogen (secondary N) is 1. The van der Waals surface area contributed by atoms with Gasteiger partial charge < -0.3 is 10.1 Å². The fraction of sp³-hybridized carbons (Fsp3) is 0.0500. The van der Waals surface area contributed by atoms with Crippen LogP contribution in [0.15, 0.2) is 72.8 Å². The van der Waals surface area contributed by atoms with Crippen LogP contribution >= 0.6 is 0 Å². The van der Waals surface area contributed by atoms with Crippen LogP contribution in [-0.4, -0.2) is 5.91 Å². The molecule has 3 rings (SSSR count). The van der Waals surface area contributed by atoms with Crippen LogP contribution in [0.4, 0.5) is 18.9 Å². The van der Waals surface area contributed by atoms with Crippen molar-refractivity contribution in [3.05, 3.63) is 95.8 Å². The molecule has 3 aromatic carbocycles. The number of amides is 1. The van der Waals surface area contributed by atoms with Crippen LogP contribution in [0, 0.1) is 17.5 Å². The summed E-state index contributed by atoms with van der Waals surface area (Å²) in [4.78, 5) is 12.7. The molecule has 0 saturated heterocycles. The van der Waals surface area contributed by atoms with Gasteiger partial charge in [-0.2, -0.15) is 0 Å². The van der Waals surface area contributed by atoms with Crippen molar-refractivity contribution in [1.29, 1.82) is 0 Å². The Balaban J connectivity index is 1.86. The molecular formula is C20H14F3NO2. The van der Waals surface area contributed by atoms with Crippen molar-refractivity contribution in [2.75, 3.05) is 5.32 Å². The van der Waals surface area contributed by atoms with Crippen LogP contribution in [0.25, 0.3) is 0 Å². The number of hydrogen-bond donors (Lipinski definition) is 1. The molecule has 6 heteroatoms. The lowest BCUT2D eigenvalue weighted by Crippen LogP contribution is -2.25. The lowest BCUT2D eigenvalue weighted by atomic mass is 10.1. The summed E-state index contributed by atoms with van der Waals surface area (Å²) in [6.07, 6.45) is -1.11. The molecule has 0 radical (unpaired) electrons. The van der Waals surface area contributed by atoms with Gasteiger partial charge in [0.2, 0.25) is 6.10 Å². The first kappa shape index (κ1) is 17.5. The Kier molecular flexibility index (Phi) is 5.22. The van der Waals surface area contributed by atoms with Gasteiger partial charge in [0.05, 0.1) is 0 Å². The first-order chi connectivity index (χ1) is 12.5. The zero-order chi connectivity index (χ0) is 18.5. The smallest absolute Gasteiger partial charge is 0.270 e. The standard InChI is InChI=1S/C20H14F3NO2/c21-14-6-8-15(9-7-14)24-20(25)19(13-4-2-1-3-5-13)26-16-10-11-17(22)18(23)12-16/h1-12,19H,(H,24,25)/t19-/m0/s1. The Bertz CT molecular complexity index is 899. The van der Waals surface area contributed by atoms with E-state index in [0.717, 1.165) is 12.1 Å². The van der Waals surface area contributed by atoms with Crippen molar-refractivity contribution in [3.63, 3.8) is 0 Å². The summed E-state index contributed by atoms with van der Waals surface area (Å²) in [7, 11) is 0. The minimum Gasteiger partial charge on any atom is -0.476 e. The van der Waals surface area contributed by atoms with Crippen LogP contribution in [0.3, 0.4) is 0 Å². The highest BCUT2D eigenvalue weighted by atomic mass is 19.2. The third-order valence-corrected chi connectivity index (χ3v) is 3.60. The Morgan fingerprint density at radius 2 is 1.54 bits per heavy atom. The predicted octanol–water partition coefficient (Wildman–Crippen LogP) is 4.86. The summed E-state index contributed by atoms with van der Waals surface area (Å²) in [6, 6.07) is 16.8. The summed E-state index contributed by atoms with van der Waals surface area (Å²) in [5.41, 5.74) is 0.906. The van der Waals surface area contributed by atoms with E-state index in [0.29, 0.717) is 11.3 Å². The summed E-state index contributed by atoms with van der Waals surface area (Å²) >= 11 is 0. The second-order valence-corrected chi connectivity index (χ2v) is 5.48. The zero-order valence-corrected chi connectivity index (χ0v) is 13.5. The summed E-state index contributed by atoms with van der Waals surface area (Å²) < 4.78 is 45.1. The molecule has 0 spiro atoms. The lowest BCUT2D eigenvalue weighted by Gasteiger charge is -2.19. The van der Waals surface area contributed by atoms with E-state index >= 15 is 0 Å². The van der Waals surface area contributed by atoms with E-state index < -0.39 is 29.5 Å². The second kappa shape index (κ2) is 7.74. The molecule has 0 aliphatic rings. The van der Waals surface area contributed by atoms with Gasteiger partial charge in [0.25, 0.3) is 5.91 Å². The van der Waals surface area contributed by atoms with Gasteiger partial charge in [-0.1, -0.05) is 30.3 Å². The number of ether oxygens (including phenoxy) is 1. The molecule has 0 aromatic heterocycles. The molecule has 3 aromatic rings. The molecule has 132 valence electrons. The third kappa shape index (κ3) is 4.22. The highest BCUT2D eigenvalue weighted by Gasteiger charge is 2.23. The maximum atomic E-state index is 13.4. The predicted molar refractivity (Wildman–Crippen MR) is 91.2 cm³/mol.